The first kappa shape index (κ1) is 29.6. The van der Waals surface area contributed by atoms with Crippen molar-refractivity contribution in [2.75, 3.05) is 0 Å². The molecule has 0 spiro atoms. The van der Waals surface area contributed by atoms with E-state index in [0.29, 0.717) is 23.5 Å². The Hall–Kier alpha value is -6.07. The van der Waals surface area contributed by atoms with Gasteiger partial charge in [0.15, 0.2) is 11.6 Å². The van der Waals surface area contributed by atoms with Crippen LogP contribution < -0.4 is 0 Å². The van der Waals surface area contributed by atoms with Gasteiger partial charge in [0.2, 0.25) is 5.95 Å². The van der Waals surface area contributed by atoms with Crippen LogP contribution >= 0.6 is 0 Å². The molecule has 0 N–H and O–H groups in total. The summed E-state index contributed by atoms with van der Waals surface area (Å²) in [4.78, 5) is 15.6. The average Bonchev–Trinajstić information content (AvgIpc) is 3.70. The number of rotatable bonds is 3. The second kappa shape index (κ2) is 10.3. The minimum atomic E-state index is -0.158. The van der Waals surface area contributed by atoms with Crippen molar-refractivity contribution in [1.82, 2.24) is 24.1 Å². The molecule has 5 nitrogen and oxygen atoms in total. The maximum atomic E-state index is 5.28. The van der Waals surface area contributed by atoms with Gasteiger partial charge in [-0.25, -0.2) is 4.98 Å². The van der Waals surface area contributed by atoms with Crippen molar-refractivity contribution < 1.29 is 0 Å². The first-order valence-corrected chi connectivity index (χ1v) is 18.4. The molecule has 0 fully saturated rings. The molecule has 2 atom stereocenters. The van der Waals surface area contributed by atoms with Crippen LogP contribution in [0.2, 0.25) is 0 Å². The largest absolute Gasteiger partial charge is 0.309 e. The molecule has 3 aromatic heterocycles. The van der Waals surface area contributed by atoms with Crippen LogP contribution in [-0.4, -0.2) is 24.1 Å². The fourth-order valence-corrected chi connectivity index (χ4v) is 9.70. The lowest BCUT2D eigenvalue weighted by molar-refractivity contribution is 0.244. The van der Waals surface area contributed by atoms with Crippen LogP contribution in [0.15, 0.2) is 133 Å². The highest BCUT2D eigenvalue weighted by Crippen LogP contribution is 2.59. The minimum absolute atomic E-state index is 0.0656. The van der Waals surface area contributed by atoms with E-state index in [9.17, 15) is 0 Å². The highest BCUT2D eigenvalue weighted by Gasteiger charge is 2.50. The van der Waals surface area contributed by atoms with E-state index in [1.165, 1.54) is 55.0 Å². The summed E-state index contributed by atoms with van der Waals surface area (Å²) in [5.41, 5.74) is 12.2. The van der Waals surface area contributed by atoms with E-state index < -0.39 is 0 Å². The van der Waals surface area contributed by atoms with E-state index in [1.54, 1.807) is 0 Å². The zero-order valence-corrected chi connectivity index (χ0v) is 29.7. The van der Waals surface area contributed by atoms with Gasteiger partial charge >= 0.3 is 0 Å². The summed E-state index contributed by atoms with van der Waals surface area (Å²) < 4.78 is 4.87. The number of hydrogen-bond donors (Lipinski definition) is 0. The molecule has 5 heteroatoms. The second-order valence-electron chi connectivity index (χ2n) is 15.6. The predicted molar refractivity (Wildman–Crippen MR) is 213 cm³/mol. The number of fused-ring (bicyclic) bond motifs is 9. The molecule has 52 heavy (non-hydrogen) atoms. The van der Waals surface area contributed by atoms with Gasteiger partial charge in [-0.3, -0.25) is 4.57 Å². The second-order valence-corrected chi connectivity index (χ2v) is 15.6. The van der Waals surface area contributed by atoms with E-state index in [1.807, 2.05) is 36.4 Å². The Labute approximate surface area is 302 Å². The van der Waals surface area contributed by atoms with Gasteiger partial charge in [0.25, 0.3) is 0 Å². The minimum Gasteiger partial charge on any atom is -0.309 e. The van der Waals surface area contributed by atoms with Gasteiger partial charge in [-0.15, -0.1) is 0 Å². The van der Waals surface area contributed by atoms with Crippen molar-refractivity contribution in [1.29, 1.82) is 0 Å². The van der Waals surface area contributed by atoms with Crippen LogP contribution in [0.5, 0.6) is 0 Å². The predicted octanol–water partition coefficient (Wildman–Crippen LogP) is 11.3. The number of hydrogen-bond acceptors (Lipinski definition) is 3. The summed E-state index contributed by atoms with van der Waals surface area (Å²) in [6, 6.07) is 47.7. The Bertz CT molecular complexity index is 2880. The fourth-order valence-electron chi connectivity index (χ4n) is 9.70. The highest BCUT2D eigenvalue weighted by atomic mass is 15.2. The lowest BCUT2D eigenvalue weighted by Crippen LogP contribution is -2.44. The molecule has 1 aliphatic heterocycles. The van der Waals surface area contributed by atoms with Crippen molar-refractivity contribution >= 4 is 43.6 Å². The third-order valence-corrected chi connectivity index (χ3v) is 12.5. The quantitative estimate of drug-likeness (QED) is 0.188. The molecule has 0 saturated heterocycles. The molecule has 1 aliphatic carbocycles. The summed E-state index contributed by atoms with van der Waals surface area (Å²) in [6.07, 6.45) is 1.08. The maximum absolute atomic E-state index is 5.28. The standard InChI is InChI=1S/C47H37N5/c1-28-27-47(4)35-26-33-31-20-11-13-23-36(31)52(45-49-43(29-16-7-5-8-17-29)48-44(50-45)30-18-9-6-10-19-30)41(33)39-32-21-12-14-24-37(32)51(42(35)39)38-25-15-22-34(40(38)47)46(28,2)3/h5-26,28H,27H2,1-4H3. The van der Waals surface area contributed by atoms with E-state index in [0.717, 1.165) is 28.6 Å². The Morgan fingerprint density at radius 1 is 0.558 bits per heavy atom. The first-order chi connectivity index (χ1) is 25.3. The maximum Gasteiger partial charge on any atom is 0.238 e. The van der Waals surface area contributed by atoms with Crippen molar-refractivity contribution in [3.63, 3.8) is 0 Å². The van der Waals surface area contributed by atoms with E-state index in [2.05, 4.69) is 134 Å². The van der Waals surface area contributed by atoms with Crippen LogP contribution in [0, 0.1) is 5.92 Å². The van der Waals surface area contributed by atoms with Crippen LogP contribution in [0.25, 0.3) is 78.0 Å². The number of para-hydroxylation sites is 2. The summed E-state index contributed by atoms with van der Waals surface area (Å²) in [5, 5.41) is 4.91. The Balaban J connectivity index is 1.34. The first-order valence-electron chi connectivity index (χ1n) is 18.4. The molecule has 9 aromatic rings. The SMILES string of the molecule is CC1CC2(C)c3c(cccc3C1(C)C)-n1c3ccccc3c3c1c2cc1c2ccccc2n(-c2nc(-c4ccccc4)nc(-c4ccccc4)n2)c13. The van der Waals surface area contributed by atoms with Gasteiger partial charge in [-0.05, 0) is 58.7 Å². The summed E-state index contributed by atoms with van der Waals surface area (Å²) in [7, 11) is 0. The molecular formula is C47H37N5. The molecule has 6 aromatic carbocycles. The van der Waals surface area contributed by atoms with E-state index in [4.69, 9.17) is 15.0 Å². The molecule has 2 aliphatic rings. The van der Waals surface area contributed by atoms with Gasteiger partial charge in [0.1, 0.15) is 0 Å². The van der Waals surface area contributed by atoms with Crippen LogP contribution in [-0.2, 0) is 10.8 Å². The Morgan fingerprint density at radius 3 is 1.83 bits per heavy atom. The normalized spacial score (nSPS) is 18.7. The van der Waals surface area contributed by atoms with Gasteiger partial charge in [-0.1, -0.05) is 137 Å². The van der Waals surface area contributed by atoms with Crippen molar-refractivity contribution in [2.45, 2.75) is 44.9 Å². The van der Waals surface area contributed by atoms with Crippen LogP contribution in [0.3, 0.4) is 0 Å². The van der Waals surface area contributed by atoms with E-state index >= 15 is 0 Å². The molecule has 0 saturated carbocycles. The number of aromatic nitrogens is 5. The molecule has 11 rings (SSSR count). The third-order valence-electron chi connectivity index (χ3n) is 12.5. The van der Waals surface area contributed by atoms with Gasteiger partial charge in [0.05, 0.1) is 27.8 Å². The lowest BCUT2D eigenvalue weighted by atomic mass is 9.54. The van der Waals surface area contributed by atoms with Crippen molar-refractivity contribution in [3.8, 4) is 34.4 Å². The molecule has 0 bridgehead atoms. The van der Waals surface area contributed by atoms with Crippen LogP contribution in [0.4, 0.5) is 0 Å². The average molecular weight is 672 g/mol. The van der Waals surface area contributed by atoms with Gasteiger partial charge in [-0.2, -0.15) is 9.97 Å². The van der Waals surface area contributed by atoms with Gasteiger partial charge < -0.3 is 4.57 Å². The van der Waals surface area contributed by atoms with E-state index in [-0.39, 0.29) is 10.8 Å². The molecular weight excluding hydrogens is 635 g/mol. The number of benzene rings is 6. The summed E-state index contributed by atoms with van der Waals surface area (Å²) >= 11 is 0. The Kier molecular flexibility index (Phi) is 5.85. The zero-order chi connectivity index (χ0) is 34.9. The molecule has 0 amide bonds. The molecule has 0 radical (unpaired) electrons. The smallest absolute Gasteiger partial charge is 0.238 e. The molecule has 2 unspecified atom stereocenters. The Morgan fingerprint density at radius 2 is 1.15 bits per heavy atom. The highest BCUT2D eigenvalue weighted by molar-refractivity contribution is 6.27. The fraction of sp³-hybridized carbons (Fsp3) is 0.170. The lowest BCUT2D eigenvalue weighted by Gasteiger charge is -2.50. The monoisotopic (exact) mass is 671 g/mol. The third kappa shape index (κ3) is 3.75. The molecule has 250 valence electrons. The van der Waals surface area contributed by atoms with Gasteiger partial charge in [0, 0.05) is 38.1 Å². The summed E-state index contributed by atoms with van der Waals surface area (Å²) in [6.45, 7) is 9.82. The van der Waals surface area contributed by atoms with Crippen molar-refractivity contribution in [2.24, 2.45) is 5.92 Å². The molecule has 4 heterocycles. The number of nitrogens with zero attached hydrogens (tertiary/aromatic N) is 5. The zero-order valence-electron chi connectivity index (χ0n) is 29.7. The van der Waals surface area contributed by atoms with Crippen LogP contribution in [0.1, 0.15) is 50.8 Å². The van der Waals surface area contributed by atoms with Crippen molar-refractivity contribution in [3.05, 3.63) is 150 Å². The topological polar surface area (TPSA) is 48.5 Å². The summed E-state index contributed by atoms with van der Waals surface area (Å²) in [5.74, 6) is 2.42.